The molecular formula is C26H19Cl2FN3O2S+. The summed E-state index contributed by atoms with van der Waals surface area (Å²) in [6.07, 6.45) is 3.31. The van der Waals surface area contributed by atoms with E-state index in [4.69, 9.17) is 23.2 Å². The van der Waals surface area contributed by atoms with Crippen molar-refractivity contribution in [3.63, 3.8) is 0 Å². The number of hydrogen-bond donors (Lipinski definition) is 1. The maximum atomic E-state index is 14.7. The van der Waals surface area contributed by atoms with Gasteiger partial charge in [0.05, 0.1) is 11.1 Å². The molecule has 0 fully saturated rings. The fraction of sp³-hybridized carbons (Fsp3) is 0.115. The van der Waals surface area contributed by atoms with Crippen LogP contribution in [-0.2, 0) is 6.54 Å². The molecule has 2 aromatic carbocycles. The van der Waals surface area contributed by atoms with Crippen LogP contribution < -0.4 is 10.1 Å². The molecule has 0 saturated carbocycles. The van der Waals surface area contributed by atoms with Crippen molar-refractivity contribution in [3.8, 4) is 28.1 Å². The molecule has 5 aromatic rings. The second-order valence-corrected chi connectivity index (χ2v) is 10.4. The van der Waals surface area contributed by atoms with Crippen LogP contribution >= 0.6 is 34.5 Å². The van der Waals surface area contributed by atoms with Gasteiger partial charge in [-0.1, -0.05) is 35.3 Å². The molecule has 0 aliphatic heterocycles. The fourth-order valence-corrected chi connectivity index (χ4v) is 5.41. The second-order valence-electron chi connectivity index (χ2n) is 8.27. The molecule has 0 aliphatic rings. The maximum absolute atomic E-state index is 14.7. The molecular weight excluding hydrogens is 508 g/mol. The van der Waals surface area contributed by atoms with Gasteiger partial charge in [0.25, 0.3) is 11.5 Å². The standard InChI is InChI=1S/C26H18Cl2FN3O2S/c1-14-8-16(20-6-5-18(27)11-21(20)29)10-17(9-14)22-24(33)31-7-3-4-15(2)23(31)32(25(22)34)13-19-12-30-26(28)35-19/h3-12H,13H2,1-2H3/p+1. The lowest BCUT2D eigenvalue weighted by Crippen LogP contribution is -2.41. The Morgan fingerprint density at radius 1 is 1.11 bits per heavy atom. The number of benzene rings is 2. The molecule has 0 amide bonds. The summed E-state index contributed by atoms with van der Waals surface area (Å²) in [5.74, 6) is -0.664. The number of halogens is 3. The van der Waals surface area contributed by atoms with Crippen LogP contribution in [0.15, 0.2) is 65.7 Å². The molecule has 0 spiro atoms. The van der Waals surface area contributed by atoms with Gasteiger partial charge in [-0.2, -0.15) is 8.97 Å². The summed E-state index contributed by atoms with van der Waals surface area (Å²) >= 11 is 13.3. The van der Waals surface area contributed by atoms with Gasteiger partial charge in [0.15, 0.2) is 10.0 Å². The SMILES string of the molecule is Cc1cc(-c2ccc(Cl)cc2F)cc(-c2c(O)[n+](Cc3cnc(Cl)s3)c3c(C)cccn3c2=O)c1. The highest BCUT2D eigenvalue weighted by Crippen LogP contribution is 2.32. The largest absolute Gasteiger partial charge is 0.477 e. The Morgan fingerprint density at radius 2 is 1.89 bits per heavy atom. The highest BCUT2D eigenvalue weighted by molar-refractivity contribution is 7.15. The van der Waals surface area contributed by atoms with Crippen LogP contribution in [-0.4, -0.2) is 14.5 Å². The molecule has 9 heteroatoms. The van der Waals surface area contributed by atoms with Crippen LogP contribution in [0.5, 0.6) is 5.88 Å². The minimum Gasteiger partial charge on any atom is -0.477 e. The first kappa shape index (κ1) is 23.5. The van der Waals surface area contributed by atoms with Crippen LogP contribution in [0.25, 0.3) is 27.9 Å². The molecule has 1 N–H and O–H groups in total. The van der Waals surface area contributed by atoms with E-state index in [1.165, 1.54) is 21.8 Å². The number of aromatic hydroxyl groups is 1. The van der Waals surface area contributed by atoms with Gasteiger partial charge in [0.2, 0.25) is 0 Å². The lowest BCUT2D eigenvalue weighted by Gasteiger charge is -2.13. The summed E-state index contributed by atoms with van der Waals surface area (Å²) in [5, 5.41) is 11.8. The molecule has 3 aromatic heterocycles. The highest BCUT2D eigenvalue weighted by Gasteiger charge is 2.27. The fourth-order valence-electron chi connectivity index (χ4n) is 4.29. The van der Waals surface area contributed by atoms with Crippen molar-refractivity contribution in [1.29, 1.82) is 0 Å². The van der Waals surface area contributed by atoms with Crippen LogP contribution in [0.2, 0.25) is 9.49 Å². The molecule has 0 radical (unpaired) electrons. The van der Waals surface area contributed by atoms with Crippen LogP contribution in [0.1, 0.15) is 16.0 Å². The number of pyridine rings is 1. The molecule has 0 saturated heterocycles. The third kappa shape index (κ3) is 4.31. The number of thiazole rings is 1. The van der Waals surface area contributed by atoms with Gasteiger partial charge < -0.3 is 5.11 Å². The lowest BCUT2D eigenvalue weighted by molar-refractivity contribution is -0.671. The quantitative estimate of drug-likeness (QED) is 0.284. The lowest BCUT2D eigenvalue weighted by atomic mass is 9.97. The summed E-state index contributed by atoms with van der Waals surface area (Å²) in [5.41, 5.74) is 3.31. The zero-order valence-corrected chi connectivity index (χ0v) is 21.0. The topological polar surface area (TPSA) is 58.5 Å². The molecule has 0 aliphatic carbocycles. The molecule has 0 unspecified atom stereocenters. The third-order valence-electron chi connectivity index (χ3n) is 5.78. The van der Waals surface area contributed by atoms with Crippen molar-refractivity contribution in [1.82, 2.24) is 9.38 Å². The number of nitrogens with zero attached hydrogens (tertiary/aromatic N) is 3. The zero-order valence-electron chi connectivity index (χ0n) is 18.7. The Balaban J connectivity index is 1.79. The van der Waals surface area contributed by atoms with E-state index in [1.807, 2.05) is 26.0 Å². The molecule has 5 rings (SSSR count). The molecule has 35 heavy (non-hydrogen) atoms. The Morgan fingerprint density at radius 3 is 2.60 bits per heavy atom. The van der Waals surface area contributed by atoms with E-state index in [-0.39, 0.29) is 23.5 Å². The van der Waals surface area contributed by atoms with Crippen molar-refractivity contribution in [2.45, 2.75) is 20.4 Å². The van der Waals surface area contributed by atoms with Crippen LogP contribution in [0.4, 0.5) is 4.39 Å². The summed E-state index contributed by atoms with van der Waals surface area (Å²) in [4.78, 5) is 18.6. The monoisotopic (exact) mass is 526 g/mol. The van der Waals surface area contributed by atoms with Crippen LogP contribution in [0, 0.1) is 19.7 Å². The van der Waals surface area contributed by atoms with Gasteiger partial charge in [0.1, 0.15) is 12.4 Å². The average molecular weight is 527 g/mol. The summed E-state index contributed by atoms with van der Waals surface area (Å²) in [7, 11) is 0. The minimum atomic E-state index is -0.471. The van der Waals surface area contributed by atoms with E-state index >= 15 is 0 Å². The van der Waals surface area contributed by atoms with E-state index in [0.29, 0.717) is 31.8 Å². The number of fused-ring (bicyclic) bond motifs is 1. The molecule has 5 nitrogen and oxygen atoms in total. The first-order valence-corrected chi connectivity index (χ1v) is 12.2. The molecule has 0 bridgehead atoms. The molecule has 176 valence electrons. The van der Waals surface area contributed by atoms with Gasteiger partial charge in [-0.25, -0.2) is 14.2 Å². The van der Waals surface area contributed by atoms with Gasteiger partial charge in [-0.15, -0.1) is 11.3 Å². The van der Waals surface area contributed by atoms with Crippen molar-refractivity contribution in [3.05, 3.63) is 103 Å². The van der Waals surface area contributed by atoms with E-state index in [1.54, 1.807) is 47.3 Å². The van der Waals surface area contributed by atoms with Crippen molar-refractivity contribution in [2.24, 2.45) is 0 Å². The molecule has 0 atom stereocenters. The third-order valence-corrected chi connectivity index (χ3v) is 7.11. The van der Waals surface area contributed by atoms with Crippen molar-refractivity contribution < 1.29 is 14.1 Å². The number of rotatable bonds is 4. The predicted octanol–water partition coefficient (Wildman–Crippen LogP) is 6.19. The van der Waals surface area contributed by atoms with Gasteiger partial charge in [-0.3, -0.25) is 0 Å². The van der Waals surface area contributed by atoms with E-state index in [9.17, 15) is 14.3 Å². The Labute approximate surface area is 214 Å². The first-order chi connectivity index (χ1) is 16.7. The van der Waals surface area contributed by atoms with Crippen LogP contribution in [0.3, 0.4) is 0 Å². The van der Waals surface area contributed by atoms with Gasteiger partial charge in [0, 0.05) is 22.3 Å². The number of aryl methyl sites for hydroxylation is 2. The Kier molecular flexibility index (Phi) is 6.09. The highest BCUT2D eigenvalue weighted by atomic mass is 35.5. The Hall–Kier alpha value is -3.26. The maximum Gasteiger partial charge on any atom is 0.354 e. The van der Waals surface area contributed by atoms with E-state index in [0.717, 1.165) is 16.0 Å². The summed E-state index contributed by atoms with van der Waals surface area (Å²) in [6.45, 7) is 3.99. The Bertz CT molecular complexity index is 1680. The second kappa shape index (κ2) is 9.07. The molecule has 3 heterocycles. The first-order valence-electron chi connectivity index (χ1n) is 10.7. The smallest absolute Gasteiger partial charge is 0.354 e. The summed E-state index contributed by atoms with van der Waals surface area (Å²) < 4.78 is 18.3. The predicted molar refractivity (Wildman–Crippen MR) is 137 cm³/mol. The number of aromatic nitrogens is 3. The van der Waals surface area contributed by atoms with Crippen molar-refractivity contribution in [2.75, 3.05) is 0 Å². The number of hydrogen-bond acceptors (Lipinski definition) is 4. The van der Waals surface area contributed by atoms with Crippen molar-refractivity contribution >= 4 is 40.2 Å². The summed E-state index contributed by atoms with van der Waals surface area (Å²) in [6, 6.07) is 13.4. The minimum absolute atomic E-state index is 0.114. The van der Waals surface area contributed by atoms with E-state index in [2.05, 4.69) is 4.98 Å². The average Bonchev–Trinajstić information content (AvgIpc) is 3.21. The van der Waals surface area contributed by atoms with Gasteiger partial charge >= 0.3 is 5.56 Å². The van der Waals surface area contributed by atoms with E-state index < -0.39 is 5.82 Å². The van der Waals surface area contributed by atoms with Gasteiger partial charge in [-0.05, 0) is 66.9 Å². The zero-order chi connectivity index (χ0) is 24.9. The normalized spacial score (nSPS) is 11.3.